The summed E-state index contributed by atoms with van der Waals surface area (Å²) in [5.41, 5.74) is -0.00942. The van der Waals surface area contributed by atoms with Crippen LogP contribution in [-0.2, 0) is 6.18 Å². The summed E-state index contributed by atoms with van der Waals surface area (Å²) in [4.78, 5) is 3.39. The third-order valence-electron chi connectivity index (χ3n) is 2.30. The molecule has 1 N–H and O–H groups in total. The van der Waals surface area contributed by atoms with Gasteiger partial charge < -0.3 is 5.32 Å². The van der Waals surface area contributed by atoms with Crippen LogP contribution in [0, 0.1) is 0 Å². The van der Waals surface area contributed by atoms with Crippen molar-refractivity contribution in [2.24, 2.45) is 0 Å². The molecule has 0 amide bonds. The maximum Gasteiger partial charge on any atom is 0.433 e. The molecule has 1 aromatic heterocycles. The van der Waals surface area contributed by atoms with Crippen molar-refractivity contribution in [3.8, 4) is 0 Å². The monoisotopic (exact) mass is 202 g/mol. The Morgan fingerprint density at radius 1 is 1.36 bits per heavy atom. The van der Waals surface area contributed by atoms with E-state index in [0.717, 1.165) is 24.6 Å². The predicted molar refractivity (Wildman–Crippen MR) is 44.6 cm³/mol. The van der Waals surface area contributed by atoms with Crippen LogP contribution in [0.2, 0.25) is 0 Å². The first kappa shape index (κ1) is 9.45. The topological polar surface area (TPSA) is 24.9 Å². The molecule has 0 radical (unpaired) electrons. The molecule has 1 aliphatic heterocycles. The van der Waals surface area contributed by atoms with Crippen molar-refractivity contribution in [3.63, 3.8) is 0 Å². The predicted octanol–water partition coefficient (Wildman–Crippen LogP) is 2.13. The molecule has 14 heavy (non-hydrogen) atoms. The van der Waals surface area contributed by atoms with Crippen LogP contribution in [0.25, 0.3) is 0 Å². The molecule has 5 heteroatoms. The fourth-order valence-electron chi connectivity index (χ4n) is 1.35. The molecule has 0 bridgehead atoms. The Kier molecular flexibility index (Phi) is 2.19. The lowest BCUT2D eigenvalue weighted by molar-refractivity contribution is -0.141. The van der Waals surface area contributed by atoms with E-state index in [0.29, 0.717) is 0 Å². The largest absolute Gasteiger partial charge is 0.433 e. The van der Waals surface area contributed by atoms with Gasteiger partial charge in [-0.1, -0.05) is 6.07 Å². The average Bonchev–Trinajstić information content (AvgIpc) is 2.00. The number of halogens is 3. The Labute approximate surface area is 79.2 Å². The van der Waals surface area contributed by atoms with Crippen molar-refractivity contribution in [3.05, 3.63) is 29.6 Å². The molecule has 1 atom stereocenters. The van der Waals surface area contributed by atoms with Gasteiger partial charge >= 0.3 is 6.18 Å². The Morgan fingerprint density at radius 3 is 2.43 bits per heavy atom. The van der Waals surface area contributed by atoms with Gasteiger partial charge in [-0.05, 0) is 24.6 Å². The van der Waals surface area contributed by atoms with Gasteiger partial charge in [0.2, 0.25) is 0 Å². The standard InChI is InChI=1S/C9H9F3N2/c10-9(11,12)8-2-1-6(5-14-8)7-3-4-13-7/h1-2,5,7,13H,3-4H2/t7-/m0/s1. The summed E-state index contributed by atoms with van der Waals surface area (Å²) in [6, 6.07) is 2.69. The van der Waals surface area contributed by atoms with Crippen molar-refractivity contribution < 1.29 is 13.2 Å². The summed E-state index contributed by atoms with van der Waals surface area (Å²) in [7, 11) is 0. The smallest absolute Gasteiger partial charge is 0.310 e. The molecule has 2 rings (SSSR count). The Morgan fingerprint density at radius 2 is 2.07 bits per heavy atom. The first-order valence-electron chi connectivity index (χ1n) is 4.34. The molecule has 0 saturated carbocycles. The second kappa shape index (κ2) is 3.24. The minimum Gasteiger partial charge on any atom is -0.310 e. The lowest BCUT2D eigenvalue weighted by Crippen LogP contribution is -2.35. The number of rotatable bonds is 1. The maximum absolute atomic E-state index is 12.1. The molecule has 1 aliphatic rings. The molecule has 0 aliphatic carbocycles. The summed E-state index contributed by atoms with van der Waals surface area (Å²) in [5.74, 6) is 0. The second-order valence-electron chi connectivity index (χ2n) is 3.27. The lowest BCUT2D eigenvalue weighted by atomic mass is 10.00. The second-order valence-corrected chi connectivity index (χ2v) is 3.27. The quantitative estimate of drug-likeness (QED) is 0.754. The van der Waals surface area contributed by atoms with Gasteiger partial charge in [-0.2, -0.15) is 13.2 Å². The minimum absolute atomic E-state index is 0.185. The van der Waals surface area contributed by atoms with E-state index in [1.165, 1.54) is 12.3 Å². The van der Waals surface area contributed by atoms with E-state index in [4.69, 9.17) is 0 Å². The van der Waals surface area contributed by atoms with E-state index in [2.05, 4.69) is 10.3 Å². The van der Waals surface area contributed by atoms with Crippen molar-refractivity contribution >= 4 is 0 Å². The SMILES string of the molecule is FC(F)(F)c1ccc([C@@H]2CCN2)cn1. The molecular formula is C9H9F3N2. The summed E-state index contributed by atoms with van der Waals surface area (Å²) in [5, 5.41) is 3.10. The molecule has 1 fully saturated rings. The number of pyridine rings is 1. The molecule has 0 aromatic carbocycles. The van der Waals surface area contributed by atoms with Gasteiger partial charge in [0.1, 0.15) is 5.69 Å². The van der Waals surface area contributed by atoms with Gasteiger partial charge in [-0.25, -0.2) is 0 Å². The maximum atomic E-state index is 12.1. The molecule has 0 spiro atoms. The summed E-state index contributed by atoms with van der Waals surface area (Å²) >= 11 is 0. The highest BCUT2D eigenvalue weighted by Crippen LogP contribution is 2.29. The van der Waals surface area contributed by atoms with Gasteiger partial charge in [0.25, 0.3) is 0 Å². The highest BCUT2D eigenvalue weighted by Gasteiger charge is 2.32. The first-order valence-corrected chi connectivity index (χ1v) is 4.34. The van der Waals surface area contributed by atoms with Crippen molar-refractivity contribution in [2.45, 2.75) is 18.6 Å². The third-order valence-corrected chi connectivity index (χ3v) is 2.30. The number of alkyl halides is 3. The number of nitrogens with one attached hydrogen (secondary N) is 1. The Balaban J connectivity index is 2.17. The van der Waals surface area contributed by atoms with Crippen LogP contribution >= 0.6 is 0 Å². The van der Waals surface area contributed by atoms with Gasteiger partial charge in [-0.15, -0.1) is 0 Å². The summed E-state index contributed by atoms with van der Waals surface area (Å²) in [6.45, 7) is 0.922. The van der Waals surface area contributed by atoms with Crippen LogP contribution in [0.3, 0.4) is 0 Å². The van der Waals surface area contributed by atoms with E-state index in [-0.39, 0.29) is 6.04 Å². The molecular weight excluding hydrogens is 193 g/mol. The number of aromatic nitrogens is 1. The highest BCUT2D eigenvalue weighted by molar-refractivity contribution is 5.20. The highest BCUT2D eigenvalue weighted by atomic mass is 19.4. The van der Waals surface area contributed by atoms with E-state index in [1.54, 1.807) is 0 Å². The first-order chi connectivity index (χ1) is 6.57. The van der Waals surface area contributed by atoms with Crippen LogP contribution < -0.4 is 5.32 Å². The minimum atomic E-state index is -4.34. The number of hydrogen-bond acceptors (Lipinski definition) is 2. The van der Waals surface area contributed by atoms with E-state index >= 15 is 0 Å². The molecule has 1 saturated heterocycles. The molecule has 0 unspecified atom stereocenters. The Hall–Kier alpha value is -1.10. The zero-order valence-corrected chi connectivity index (χ0v) is 7.30. The van der Waals surface area contributed by atoms with Crippen LogP contribution in [0.15, 0.2) is 18.3 Å². The fourth-order valence-corrected chi connectivity index (χ4v) is 1.35. The van der Waals surface area contributed by atoms with Crippen LogP contribution in [-0.4, -0.2) is 11.5 Å². The molecule has 2 heterocycles. The van der Waals surface area contributed by atoms with Crippen LogP contribution in [0.5, 0.6) is 0 Å². The fraction of sp³-hybridized carbons (Fsp3) is 0.444. The van der Waals surface area contributed by atoms with Crippen LogP contribution in [0.1, 0.15) is 23.7 Å². The molecule has 1 aromatic rings. The van der Waals surface area contributed by atoms with E-state index in [1.807, 2.05) is 0 Å². The van der Waals surface area contributed by atoms with Crippen molar-refractivity contribution in [1.29, 1.82) is 0 Å². The van der Waals surface area contributed by atoms with Gasteiger partial charge in [-0.3, -0.25) is 4.98 Å². The van der Waals surface area contributed by atoms with Gasteiger partial charge in [0, 0.05) is 12.2 Å². The molecule has 76 valence electrons. The third kappa shape index (κ3) is 1.72. The Bertz CT molecular complexity index is 314. The average molecular weight is 202 g/mol. The van der Waals surface area contributed by atoms with E-state index < -0.39 is 11.9 Å². The lowest BCUT2D eigenvalue weighted by Gasteiger charge is -2.27. The summed E-state index contributed by atoms with van der Waals surface area (Å²) in [6.07, 6.45) is -2.09. The number of hydrogen-bond donors (Lipinski definition) is 1. The van der Waals surface area contributed by atoms with Crippen molar-refractivity contribution in [1.82, 2.24) is 10.3 Å². The number of nitrogens with zero attached hydrogens (tertiary/aromatic N) is 1. The zero-order chi connectivity index (χ0) is 10.2. The molecule has 2 nitrogen and oxygen atoms in total. The zero-order valence-electron chi connectivity index (χ0n) is 7.30. The van der Waals surface area contributed by atoms with E-state index in [9.17, 15) is 13.2 Å². The van der Waals surface area contributed by atoms with Gasteiger partial charge in [0.05, 0.1) is 0 Å². The van der Waals surface area contributed by atoms with Crippen LogP contribution in [0.4, 0.5) is 13.2 Å². The van der Waals surface area contributed by atoms with Gasteiger partial charge in [0.15, 0.2) is 0 Å². The summed E-state index contributed by atoms with van der Waals surface area (Å²) < 4.78 is 36.4. The normalized spacial score (nSPS) is 21.8. The van der Waals surface area contributed by atoms with Crippen molar-refractivity contribution in [2.75, 3.05) is 6.54 Å².